The average Bonchev–Trinajstić information content (AvgIpc) is 3.21. The van der Waals surface area contributed by atoms with Gasteiger partial charge >= 0.3 is 6.09 Å². The predicted molar refractivity (Wildman–Crippen MR) is 112 cm³/mol. The van der Waals surface area contributed by atoms with Gasteiger partial charge in [-0.3, -0.25) is 0 Å². The molecule has 152 valence electrons. The van der Waals surface area contributed by atoms with Gasteiger partial charge in [-0.15, -0.1) is 0 Å². The van der Waals surface area contributed by atoms with Crippen LogP contribution in [0, 0.1) is 0 Å². The van der Waals surface area contributed by atoms with Crippen molar-refractivity contribution in [1.82, 2.24) is 15.3 Å². The number of alkyl carbamates (subject to hydrolysis) is 1. The molecule has 1 atom stereocenters. The lowest BCUT2D eigenvalue weighted by molar-refractivity contribution is 0.0501. The van der Waals surface area contributed by atoms with Crippen LogP contribution in [0.5, 0.6) is 5.75 Å². The number of benzene rings is 2. The molecule has 0 aliphatic rings. The molecule has 0 aliphatic heterocycles. The third kappa shape index (κ3) is 6.68. The highest BCUT2D eigenvalue weighted by Crippen LogP contribution is 2.20. The van der Waals surface area contributed by atoms with Gasteiger partial charge in [0, 0.05) is 18.8 Å². The molecule has 0 saturated carbocycles. The standard InChI is InChI=1S/C23H27N3O3/c1-23(2,3)29-22(27)26-20(21-24-13-14-25-21)15-17-9-11-19(12-10-17)28-16-18-7-5-4-6-8-18/h4-14,20H,15-16H2,1-3H3,(H,24,25)(H,26,27)/t20-/m0/s1. The predicted octanol–water partition coefficient (Wildman–Crippen LogP) is 4.80. The molecule has 0 unspecified atom stereocenters. The second-order valence-electron chi connectivity index (χ2n) is 7.80. The molecule has 0 fully saturated rings. The number of hydrogen-bond acceptors (Lipinski definition) is 4. The van der Waals surface area contributed by atoms with Gasteiger partial charge in [0.1, 0.15) is 23.8 Å². The van der Waals surface area contributed by atoms with E-state index in [1.807, 2.05) is 75.4 Å². The number of imidazole rings is 1. The van der Waals surface area contributed by atoms with Crippen molar-refractivity contribution in [2.24, 2.45) is 0 Å². The van der Waals surface area contributed by atoms with Crippen LogP contribution in [-0.2, 0) is 17.8 Å². The van der Waals surface area contributed by atoms with E-state index in [9.17, 15) is 4.79 Å². The normalized spacial score (nSPS) is 12.2. The lowest BCUT2D eigenvalue weighted by atomic mass is 10.1. The number of amides is 1. The Hall–Kier alpha value is -3.28. The Morgan fingerprint density at radius 2 is 1.79 bits per heavy atom. The zero-order valence-corrected chi connectivity index (χ0v) is 17.0. The third-order valence-electron chi connectivity index (χ3n) is 4.15. The number of H-pyrrole nitrogens is 1. The fraction of sp³-hybridized carbons (Fsp3) is 0.304. The molecule has 3 rings (SSSR count). The van der Waals surface area contributed by atoms with E-state index in [0.717, 1.165) is 16.9 Å². The molecule has 0 bridgehead atoms. The molecule has 0 radical (unpaired) electrons. The van der Waals surface area contributed by atoms with Crippen LogP contribution in [0.1, 0.15) is 43.8 Å². The maximum atomic E-state index is 12.2. The summed E-state index contributed by atoms with van der Waals surface area (Å²) in [5, 5.41) is 2.90. The largest absolute Gasteiger partial charge is 0.489 e. The maximum absolute atomic E-state index is 12.2. The topological polar surface area (TPSA) is 76.2 Å². The Morgan fingerprint density at radius 1 is 1.07 bits per heavy atom. The minimum absolute atomic E-state index is 0.323. The Balaban J connectivity index is 1.62. The second kappa shape index (κ2) is 9.28. The van der Waals surface area contributed by atoms with E-state index in [1.165, 1.54) is 0 Å². The first-order chi connectivity index (χ1) is 13.9. The first-order valence-corrected chi connectivity index (χ1v) is 9.63. The van der Waals surface area contributed by atoms with Crippen LogP contribution in [0.4, 0.5) is 4.79 Å². The molecule has 29 heavy (non-hydrogen) atoms. The zero-order valence-electron chi connectivity index (χ0n) is 17.0. The molecule has 6 nitrogen and oxygen atoms in total. The summed E-state index contributed by atoms with van der Waals surface area (Å²) in [6, 6.07) is 17.6. The maximum Gasteiger partial charge on any atom is 0.408 e. The molecule has 2 N–H and O–H groups in total. The first-order valence-electron chi connectivity index (χ1n) is 9.63. The number of carbonyl (C=O) groups excluding carboxylic acids is 1. The van der Waals surface area contributed by atoms with Crippen molar-refractivity contribution in [3.8, 4) is 5.75 Å². The van der Waals surface area contributed by atoms with Crippen LogP contribution in [0.15, 0.2) is 67.0 Å². The Bertz CT molecular complexity index is 885. The molecule has 1 amide bonds. The molecular formula is C23H27N3O3. The summed E-state index contributed by atoms with van der Waals surface area (Å²) >= 11 is 0. The van der Waals surface area contributed by atoms with Gasteiger partial charge in [0.25, 0.3) is 0 Å². The number of rotatable bonds is 7. The van der Waals surface area contributed by atoms with Crippen molar-refractivity contribution in [2.75, 3.05) is 0 Å². The Labute approximate surface area is 171 Å². The minimum Gasteiger partial charge on any atom is -0.489 e. The quantitative estimate of drug-likeness (QED) is 0.605. The van der Waals surface area contributed by atoms with E-state index >= 15 is 0 Å². The molecule has 1 heterocycles. The van der Waals surface area contributed by atoms with Crippen molar-refractivity contribution >= 4 is 6.09 Å². The molecule has 3 aromatic rings. The summed E-state index contributed by atoms with van der Waals surface area (Å²) in [4.78, 5) is 19.6. The molecule has 1 aromatic heterocycles. The lowest BCUT2D eigenvalue weighted by Gasteiger charge is -2.23. The molecule has 0 saturated heterocycles. The monoisotopic (exact) mass is 393 g/mol. The number of aromatic amines is 1. The number of carbonyl (C=O) groups is 1. The van der Waals surface area contributed by atoms with Gasteiger partial charge < -0.3 is 19.8 Å². The summed E-state index contributed by atoms with van der Waals surface area (Å²) < 4.78 is 11.2. The van der Waals surface area contributed by atoms with Gasteiger partial charge in [0.2, 0.25) is 0 Å². The van der Waals surface area contributed by atoms with Crippen LogP contribution in [0.25, 0.3) is 0 Å². The van der Waals surface area contributed by atoms with Crippen LogP contribution in [-0.4, -0.2) is 21.7 Å². The smallest absolute Gasteiger partial charge is 0.408 e. The molecule has 2 aromatic carbocycles. The minimum atomic E-state index is -0.560. The highest BCUT2D eigenvalue weighted by atomic mass is 16.6. The Morgan fingerprint density at radius 3 is 2.41 bits per heavy atom. The fourth-order valence-electron chi connectivity index (χ4n) is 2.83. The van der Waals surface area contributed by atoms with Crippen LogP contribution >= 0.6 is 0 Å². The average molecular weight is 393 g/mol. The van der Waals surface area contributed by atoms with Gasteiger partial charge in [-0.2, -0.15) is 0 Å². The van der Waals surface area contributed by atoms with Crippen LogP contribution < -0.4 is 10.1 Å². The van der Waals surface area contributed by atoms with Gasteiger partial charge in [-0.25, -0.2) is 9.78 Å². The van der Waals surface area contributed by atoms with Crippen molar-refractivity contribution in [3.63, 3.8) is 0 Å². The SMILES string of the molecule is CC(C)(C)OC(=O)N[C@@H](Cc1ccc(OCc2ccccc2)cc1)c1ncc[nH]1. The number of hydrogen-bond donors (Lipinski definition) is 2. The molecule has 6 heteroatoms. The van der Waals surface area contributed by atoms with E-state index in [0.29, 0.717) is 18.9 Å². The fourth-order valence-corrected chi connectivity index (χ4v) is 2.83. The second-order valence-corrected chi connectivity index (χ2v) is 7.80. The van der Waals surface area contributed by atoms with Crippen molar-refractivity contribution in [3.05, 3.63) is 83.9 Å². The highest BCUT2D eigenvalue weighted by molar-refractivity contribution is 5.68. The van der Waals surface area contributed by atoms with E-state index in [2.05, 4.69) is 15.3 Å². The van der Waals surface area contributed by atoms with E-state index in [1.54, 1.807) is 12.4 Å². The summed E-state index contributed by atoms with van der Waals surface area (Å²) in [6.45, 7) is 6.03. The van der Waals surface area contributed by atoms with Crippen molar-refractivity contribution < 1.29 is 14.3 Å². The van der Waals surface area contributed by atoms with Gasteiger partial charge in [-0.05, 0) is 44.0 Å². The number of nitrogens with zero attached hydrogens (tertiary/aromatic N) is 1. The van der Waals surface area contributed by atoms with Gasteiger partial charge in [-0.1, -0.05) is 42.5 Å². The van der Waals surface area contributed by atoms with E-state index in [4.69, 9.17) is 9.47 Å². The summed E-state index contributed by atoms with van der Waals surface area (Å²) in [6.07, 6.45) is 3.51. The Kier molecular flexibility index (Phi) is 6.54. The van der Waals surface area contributed by atoms with E-state index < -0.39 is 11.7 Å². The molecular weight excluding hydrogens is 366 g/mol. The van der Waals surface area contributed by atoms with Gasteiger partial charge in [0.05, 0.1) is 6.04 Å². The first kappa shape index (κ1) is 20.5. The van der Waals surface area contributed by atoms with Crippen LogP contribution in [0.3, 0.4) is 0 Å². The molecule has 0 aliphatic carbocycles. The zero-order chi connectivity index (χ0) is 20.7. The summed E-state index contributed by atoms with van der Waals surface area (Å²) in [5.41, 5.74) is 1.61. The van der Waals surface area contributed by atoms with Crippen LogP contribution in [0.2, 0.25) is 0 Å². The molecule has 0 spiro atoms. The summed E-state index contributed by atoms with van der Waals surface area (Å²) in [5.74, 6) is 1.48. The van der Waals surface area contributed by atoms with Crippen molar-refractivity contribution in [2.45, 2.75) is 45.4 Å². The third-order valence-corrected chi connectivity index (χ3v) is 4.15. The number of ether oxygens (including phenoxy) is 2. The van der Waals surface area contributed by atoms with E-state index in [-0.39, 0.29) is 6.04 Å². The number of nitrogens with one attached hydrogen (secondary N) is 2. The number of aromatic nitrogens is 2. The highest BCUT2D eigenvalue weighted by Gasteiger charge is 2.22. The van der Waals surface area contributed by atoms with Crippen molar-refractivity contribution in [1.29, 1.82) is 0 Å². The lowest BCUT2D eigenvalue weighted by Crippen LogP contribution is -2.36. The summed E-state index contributed by atoms with van der Waals surface area (Å²) in [7, 11) is 0. The van der Waals surface area contributed by atoms with Gasteiger partial charge in [0.15, 0.2) is 0 Å².